The third-order valence-electron chi connectivity index (χ3n) is 1.30. The number of amides is 1. The molecule has 0 atom stereocenters. The number of Topliss-reactive ketones (excluding diaryl/α,β-unsaturated/α-hetero) is 1. The predicted octanol–water partition coefficient (Wildman–Crippen LogP) is 0.250. The molecule has 0 saturated heterocycles. The molecule has 0 saturated carbocycles. The highest BCUT2D eigenvalue weighted by Crippen LogP contribution is 1.91. The van der Waals surface area contributed by atoms with E-state index in [1.807, 2.05) is 5.48 Å². The summed E-state index contributed by atoms with van der Waals surface area (Å²) in [5, 5.41) is 0. The number of ketones is 1. The quantitative estimate of drug-likeness (QED) is 0.513. The lowest BCUT2D eigenvalue weighted by Crippen LogP contribution is -2.27. The Hall–Kier alpha value is -1.04. The van der Waals surface area contributed by atoms with Gasteiger partial charge < -0.3 is 9.63 Å². The van der Waals surface area contributed by atoms with Crippen LogP contribution in [0.1, 0.15) is 26.2 Å². The Morgan fingerprint density at radius 3 is 2.36 bits per heavy atom. The fourth-order valence-corrected chi connectivity index (χ4v) is 0.779. The van der Waals surface area contributed by atoms with Crippen LogP contribution in [0.3, 0.4) is 0 Å². The molecule has 80 valence electrons. The van der Waals surface area contributed by atoms with Crippen molar-refractivity contribution in [3.63, 3.8) is 0 Å². The van der Waals surface area contributed by atoms with Crippen LogP contribution in [0.25, 0.3) is 0 Å². The monoisotopic (exact) mass is 219 g/mol. The zero-order valence-electron chi connectivity index (χ0n) is 7.91. The molecule has 0 rings (SSSR count). The maximum atomic E-state index is 10.9. The van der Waals surface area contributed by atoms with Crippen molar-refractivity contribution in [2.24, 2.45) is 0 Å². The normalized spacial score (nSPS) is 9.29. The number of carbonyl (C=O) groups is 3. The lowest BCUT2D eigenvalue weighted by atomic mass is 10.2. The minimum atomic E-state index is -0.545. The fraction of sp³-hybridized carbons (Fsp3) is 0.625. The molecule has 5 nitrogen and oxygen atoms in total. The molecule has 0 aromatic heterocycles. The van der Waals surface area contributed by atoms with Crippen LogP contribution >= 0.6 is 12.6 Å². The van der Waals surface area contributed by atoms with Crippen molar-refractivity contribution >= 4 is 30.3 Å². The van der Waals surface area contributed by atoms with E-state index in [1.165, 1.54) is 6.92 Å². The number of rotatable bonds is 5. The molecule has 14 heavy (non-hydrogen) atoms. The van der Waals surface area contributed by atoms with Crippen LogP contribution < -0.4 is 5.48 Å². The number of hydrogen-bond donors (Lipinski definition) is 2. The van der Waals surface area contributed by atoms with Gasteiger partial charge in [-0.15, -0.1) is 0 Å². The average Bonchev–Trinajstić information content (AvgIpc) is 2.12. The van der Waals surface area contributed by atoms with Gasteiger partial charge in [0, 0.05) is 18.6 Å². The van der Waals surface area contributed by atoms with Gasteiger partial charge >= 0.3 is 5.97 Å². The summed E-state index contributed by atoms with van der Waals surface area (Å²) in [5.74, 6) is -0.743. The first-order valence-electron chi connectivity index (χ1n) is 4.15. The second-order valence-electron chi connectivity index (χ2n) is 2.67. The van der Waals surface area contributed by atoms with Crippen LogP contribution in [0.4, 0.5) is 0 Å². The summed E-state index contributed by atoms with van der Waals surface area (Å²) in [7, 11) is 0. The largest absolute Gasteiger partial charge is 0.341 e. The van der Waals surface area contributed by atoms with Crippen molar-refractivity contribution in [2.45, 2.75) is 26.2 Å². The van der Waals surface area contributed by atoms with E-state index >= 15 is 0 Å². The van der Waals surface area contributed by atoms with Crippen molar-refractivity contribution in [1.82, 2.24) is 5.48 Å². The molecular formula is C8H13NO4S. The summed E-state index contributed by atoms with van der Waals surface area (Å²) in [6.45, 7) is 1.39. The van der Waals surface area contributed by atoms with Crippen molar-refractivity contribution in [1.29, 1.82) is 0 Å². The van der Waals surface area contributed by atoms with Gasteiger partial charge in [0.15, 0.2) is 0 Å². The maximum Gasteiger partial charge on any atom is 0.333 e. The zero-order chi connectivity index (χ0) is 11.0. The van der Waals surface area contributed by atoms with E-state index in [-0.39, 0.29) is 25.0 Å². The standard InChI is InChI=1S/C8H13NO4S/c1-6(10)2-3-7(11)9-13-8(12)4-5-14/h14H,2-5H2,1H3,(H,9,11). The number of hydrogen-bond acceptors (Lipinski definition) is 5. The maximum absolute atomic E-state index is 10.9. The Kier molecular flexibility index (Phi) is 6.82. The molecule has 1 N–H and O–H groups in total. The highest BCUT2D eigenvalue weighted by Gasteiger charge is 2.06. The SMILES string of the molecule is CC(=O)CCC(=O)NOC(=O)CCS. The first-order chi connectivity index (χ1) is 6.56. The molecule has 0 aromatic carbocycles. The van der Waals surface area contributed by atoms with E-state index < -0.39 is 11.9 Å². The van der Waals surface area contributed by atoms with E-state index in [0.29, 0.717) is 5.75 Å². The number of hydroxylamine groups is 1. The second-order valence-corrected chi connectivity index (χ2v) is 3.12. The molecule has 6 heteroatoms. The Labute approximate surface area is 87.6 Å². The van der Waals surface area contributed by atoms with Crippen LogP contribution in [0, 0.1) is 0 Å². The molecule has 0 aliphatic carbocycles. The number of nitrogens with one attached hydrogen (secondary N) is 1. The lowest BCUT2D eigenvalue weighted by Gasteiger charge is -2.03. The third-order valence-corrected chi connectivity index (χ3v) is 1.52. The minimum absolute atomic E-state index is 0.0312. The van der Waals surface area contributed by atoms with Gasteiger partial charge in [0.1, 0.15) is 5.78 Å². The van der Waals surface area contributed by atoms with Crippen molar-refractivity contribution in [2.75, 3.05) is 5.75 Å². The van der Waals surface area contributed by atoms with Gasteiger partial charge in [-0.3, -0.25) is 4.79 Å². The van der Waals surface area contributed by atoms with Gasteiger partial charge in [-0.2, -0.15) is 18.1 Å². The average molecular weight is 219 g/mol. The van der Waals surface area contributed by atoms with Gasteiger partial charge in [-0.1, -0.05) is 0 Å². The molecule has 0 bridgehead atoms. The van der Waals surface area contributed by atoms with Crippen molar-refractivity contribution in [3.8, 4) is 0 Å². The summed E-state index contributed by atoms with van der Waals surface area (Å²) in [6, 6.07) is 0. The molecule has 0 radical (unpaired) electrons. The van der Waals surface area contributed by atoms with E-state index in [1.54, 1.807) is 0 Å². The van der Waals surface area contributed by atoms with Crippen molar-refractivity contribution < 1.29 is 19.2 Å². The highest BCUT2D eigenvalue weighted by atomic mass is 32.1. The lowest BCUT2D eigenvalue weighted by molar-refractivity contribution is -0.157. The van der Waals surface area contributed by atoms with E-state index in [0.717, 1.165) is 0 Å². The van der Waals surface area contributed by atoms with Gasteiger partial charge in [-0.25, -0.2) is 4.79 Å². The zero-order valence-corrected chi connectivity index (χ0v) is 8.80. The fourth-order valence-electron chi connectivity index (χ4n) is 0.597. The molecule has 0 aliphatic heterocycles. The topological polar surface area (TPSA) is 72.5 Å². The molecule has 0 aromatic rings. The first kappa shape index (κ1) is 13.0. The van der Waals surface area contributed by atoms with Crippen LogP contribution in [0.15, 0.2) is 0 Å². The molecule has 0 fully saturated rings. The third kappa shape index (κ3) is 7.60. The number of carbonyl (C=O) groups excluding carboxylic acids is 3. The Morgan fingerprint density at radius 2 is 1.86 bits per heavy atom. The van der Waals surface area contributed by atoms with Gasteiger partial charge in [0.05, 0.1) is 6.42 Å². The predicted molar refractivity (Wildman–Crippen MR) is 52.6 cm³/mol. The molecule has 0 aliphatic rings. The summed E-state index contributed by atoms with van der Waals surface area (Å²) in [4.78, 5) is 36.5. The van der Waals surface area contributed by atoms with E-state index in [9.17, 15) is 14.4 Å². The molecule has 1 amide bonds. The van der Waals surface area contributed by atoms with E-state index in [2.05, 4.69) is 17.5 Å². The highest BCUT2D eigenvalue weighted by molar-refractivity contribution is 7.80. The molecule has 0 unspecified atom stereocenters. The van der Waals surface area contributed by atoms with Crippen molar-refractivity contribution in [3.05, 3.63) is 0 Å². The second kappa shape index (κ2) is 7.37. The Morgan fingerprint density at radius 1 is 1.21 bits per heavy atom. The van der Waals surface area contributed by atoms with Crippen LogP contribution in [-0.2, 0) is 19.2 Å². The van der Waals surface area contributed by atoms with Crippen LogP contribution in [-0.4, -0.2) is 23.4 Å². The smallest absolute Gasteiger partial charge is 0.333 e. The summed E-state index contributed by atoms with van der Waals surface area (Å²) < 4.78 is 0. The summed E-state index contributed by atoms with van der Waals surface area (Å²) in [6.07, 6.45) is 0.315. The van der Waals surface area contributed by atoms with Gasteiger partial charge in [-0.05, 0) is 6.92 Å². The van der Waals surface area contributed by atoms with Crippen LogP contribution in [0.2, 0.25) is 0 Å². The van der Waals surface area contributed by atoms with Gasteiger partial charge in [0.25, 0.3) is 5.91 Å². The molecular weight excluding hydrogens is 206 g/mol. The summed E-state index contributed by atoms with van der Waals surface area (Å²) >= 11 is 3.81. The number of thiol groups is 1. The Bertz CT molecular complexity index is 229. The van der Waals surface area contributed by atoms with Crippen LogP contribution in [0.5, 0.6) is 0 Å². The van der Waals surface area contributed by atoms with E-state index in [4.69, 9.17) is 0 Å². The molecule has 0 spiro atoms. The Balaban J connectivity index is 3.53. The minimum Gasteiger partial charge on any atom is -0.341 e. The summed E-state index contributed by atoms with van der Waals surface area (Å²) in [5.41, 5.74) is 1.95. The first-order valence-corrected chi connectivity index (χ1v) is 4.78. The van der Waals surface area contributed by atoms with Gasteiger partial charge in [0.2, 0.25) is 0 Å². The molecule has 0 heterocycles.